The van der Waals surface area contributed by atoms with Crippen LogP contribution in [0.25, 0.3) is 0 Å². The zero-order chi connectivity index (χ0) is 20.4. The number of carbonyl (C=O) groups excluding carboxylic acids is 3. The first-order valence-electron chi connectivity index (χ1n) is 11.0. The van der Waals surface area contributed by atoms with E-state index >= 15 is 0 Å². The van der Waals surface area contributed by atoms with Crippen LogP contribution in [0, 0.1) is 23.2 Å². The number of carbonyl (C=O) groups is 3. The monoisotopic (exact) mass is 469 g/mol. The standard InChI is InChI=1S/C21H32BrN3O4/c22-13-18(26)23-14-19(27)24-2-4-25(5-3-24)20(28)29-6-1-21-10-15-7-16(11-21)9-17(8-15)12-21/h15-17H,1-14H2,(H,23,26). The van der Waals surface area contributed by atoms with Crippen LogP contribution >= 0.6 is 15.9 Å². The molecule has 4 aliphatic carbocycles. The first kappa shape index (κ1) is 20.9. The third-order valence-corrected chi connectivity index (χ3v) is 7.98. The van der Waals surface area contributed by atoms with Crippen molar-refractivity contribution in [3.8, 4) is 0 Å². The van der Waals surface area contributed by atoms with Gasteiger partial charge in [0.2, 0.25) is 11.8 Å². The molecule has 29 heavy (non-hydrogen) atoms. The molecule has 4 saturated carbocycles. The van der Waals surface area contributed by atoms with Gasteiger partial charge in [0.15, 0.2) is 0 Å². The van der Waals surface area contributed by atoms with Crippen LogP contribution < -0.4 is 5.32 Å². The molecule has 0 aromatic carbocycles. The van der Waals surface area contributed by atoms with Gasteiger partial charge in [-0.15, -0.1) is 0 Å². The molecule has 8 heteroatoms. The molecule has 5 fully saturated rings. The fraction of sp³-hybridized carbons (Fsp3) is 0.857. The molecule has 1 N–H and O–H groups in total. The van der Waals surface area contributed by atoms with Gasteiger partial charge in [-0.05, 0) is 68.1 Å². The summed E-state index contributed by atoms with van der Waals surface area (Å²) in [6.45, 7) is 2.44. The Kier molecular flexibility index (Phi) is 6.37. The number of amides is 3. The predicted octanol–water partition coefficient (Wildman–Crippen LogP) is 2.38. The van der Waals surface area contributed by atoms with Gasteiger partial charge in [0.1, 0.15) is 0 Å². The van der Waals surface area contributed by atoms with E-state index in [9.17, 15) is 14.4 Å². The molecule has 0 aromatic heterocycles. The normalized spacial score (nSPS) is 32.9. The van der Waals surface area contributed by atoms with Crippen LogP contribution in [0.3, 0.4) is 0 Å². The van der Waals surface area contributed by atoms with Crippen molar-refractivity contribution in [1.29, 1.82) is 0 Å². The second-order valence-corrected chi connectivity index (χ2v) is 10.1. The average Bonchev–Trinajstić information content (AvgIpc) is 2.70. The lowest BCUT2D eigenvalue weighted by Crippen LogP contribution is -2.53. The number of nitrogens with one attached hydrogen (secondary N) is 1. The Balaban J connectivity index is 1.16. The minimum Gasteiger partial charge on any atom is -0.449 e. The van der Waals surface area contributed by atoms with Gasteiger partial charge in [-0.25, -0.2) is 4.79 Å². The maximum absolute atomic E-state index is 12.5. The topological polar surface area (TPSA) is 79.0 Å². The van der Waals surface area contributed by atoms with Crippen LogP contribution in [-0.4, -0.2) is 72.4 Å². The van der Waals surface area contributed by atoms with Crippen molar-refractivity contribution < 1.29 is 19.1 Å². The quantitative estimate of drug-likeness (QED) is 0.605. The van der Waals surface area contributed by atoms with E-state index in [1.807, 2.05) is 0 Å². The number of ether oxygens (including phenoxy) is 1. The van der Waals surface area contributed by atoms with Gasteiger partial charge in [-0.3, -0.25) is 9.59 Å². The van der Waals surface area contributed by atoms with E-state index in [1.54, 1.807) is 9.80 Å². The van der Waals surface area contributed by atoms with Gasteiger partial charge in [0.25, 0.3) is 0 Å². The maximum atomic E-state index is 12.5. The van der Waals surface area contributed by atoms with Crippen LogP contribution in [0.4, 0.5) is 4.79 Å². The van der Waals surface area contributed by atoms with Gasteiger partial charge >= 0.3 is 6.09 Å². The van der Waals surface area contributed by atoms with Crippen molar-refractivity contribution in [1.82, 2.24) is 15.1 Å². The van der Waals surface area contributed by atoms with Crippen LogP contribution in [0.5, 0.6) is 0 Å². The zero-order valence-electron chi connectivity index (χ0n) is 17.0. The lowest BCUT2D eigenvalue weighted by atomic mass is 9.49. The van der Waals surface area contributed by atoms with E-state index in [-0.39, 0.29) is 29.8 Å². The highest BCUT2D eigenvalue weighted by Crippen LogP contribution is 2.61. The summed E-state index contributed by atoms with van der Waals surface area (Å²) in [6.07, 6.45) is 9.06. The van der Waals surface area contributed by atoms with Crippen LogP contribution in [0.15, 0.2) is 0 Å². The Labute approximate surface area is 181 Å². The van der Waals surface area contributed by atoms with Gasteiger partial charge in [-0.1, -0.05) is 15.9 Å². The summed E-state index contributed by atoms with van der Waals surface area (Å²) in [5.74, 6) is 2.43. The summed E-state index contributed by atoms with van der Waals surface area (Å²) in [5, 5.41) is 2.75. The van der Waals surface area contributed by atoms with Gasteiger partial charge in [-0.2, -0.15) is 0 Å². The van der Waals surface area contributed by atoms with Crippen LogP contribution in [0.1, 0.15) is 44.9 Å². The number of alkyl halides is 1. The Morgan fingerprint density at radius 2 is 1.48 bits per heavy atom. The van der Waals surface area contributed by atoms with E-state index in [1.165, 1.54) is 38.5 Å². The van der Waals surface area contributed by atoms with Crippen molar-refractivity contribution in [3.63, 3.8) is 0 Å². The van der Waals surface area contributed by atoms with Gasteiger partial charge in [0, 0.05) is 26.2 Å². The van der Waals surface area contributed by atoms with Crippen LogP contribution in [-0.2, 0) is 14.3 Å². The molecule has 1 heterocycles. The minimum absolute atomic E-state index is 0.0000549. The van der Waals surface area contributed by atoms with E-state index < -0.39 is 0 Å². The molecule has 1 aliphatic heterocycles. The lowest BCUT2D eigenvalue weighted by molar-refractivity contribution is -0.133. The van der Waals surface area contributed by atoms with E-state index in [4.69, 9.17) is 4.74 Å². The molecule has 3 amide bonds. The Hall–Kier alpha value is -1.31. The number of hydrogen-bond acceptors (Lipinski definition) is 4. The summed E-state index contributed by atoms with van der Waals surface area (Å²) < 4.78 is 5.63. The van der Waals surface area contributed by atoms with Crippen molar-refractivity contribution in [2.45, 2.75) is 44.9 Å². The highest BCUT2D eigenvalue weighted by atomic mass is 79.9. The highest BCUT2D eigenvalue weighted by Gasteiger charge is 2.50. The smallest absolute Gasteiger partial charge is 0.409 e. The first-order valence-corrected chi connectivity index (χ1v) is 12.1. The molecule has 5 aliphatic rings. The second kappa shape index (κ2) is 8.82. The Morgan fingerprint density at radius 3 is 2.03 bits per heavy atom. The molecule has 162 valence electrons. The molecule has 0 unspecified atom stereocenters. The molecular weight excluding hydrogens is 438 g/mol. The molecule has 1 saturated heterocycles. The first-order chi connectivity index (χ1) is 14.0. The Bertz CT molecular complexity index is 613. The third-order valence-electron chi connectivity index (χ3n) is 7.47. The molecule has 4 bridgehead atoms. The summed E-state index contributed by atoms with van der Waals surface area (Å²) in [7, 11) is 0. The number of nitrogens with zero attached hydrogens (tertiary/aromatic N) is 2. The van der Waals surface area contributed by atoms with Crippen molar-refractivity contribution in [3.05, 3.63) is 0 Å². The predicted molar refractivity (Wildman–Crippen MR) is 112 cm³/mol. The van der Waals surface area contributed by atoms with Crippen molar-refractivity contribution in [2.24, 2.45) is 23.2 Å². The van der Waals surface area contributed by atoms with Crippen LogP contribution in [0.2, 0.25) is 0 Å². The van der Waals surface area contributed by atoms with E-state index in [2.05, 4.69) is 21.2 Å². The lowest BCUT2D eigenvalue weighted by Gasteiger charge is -2.57. The molecule has 0 radical (unpaired) electrons. The average molecular weight is 470 g/mol. The zero-order valence-corrected chi connectivity index (χ0v) is 18.6. The van der Waals surface area contributed by atoms with Crippen molar-refractivity contribution in [2.75, 3.05) is 44.7 Å². The molecular formula is C21H32BrN3O4. The number of hydrogen-bond donors (Lipinski definition) is 1. The summed E-state index contributed by atoms with van der Waals surface area (Å²) in [5.41, 5.74) is 0.430. The maximum Gasteiger partial charge on any atom is 0.409 e. The fourth-order valence-electron chi connectivity index (χ4n) is 6.51. The molecule has 0 atom stereocenters. The van der Waals surface area contributed by atoms with Crippen molar-refractivity contribution >= 4 is 33.8 Å². The molecule has 5 rings (SSSR count). The van der Waals surface area contributed by atoms with Gasteiger partial charge < -0.3 is 19.9 Å². The molecule has 7 nitrogen and oxygen atoms in total. The SMILES string of the molecule is O=C(CBr)NCC(=O)N1CCN(C(=O)OCCC23CC4CC(CC(C4)C2)C3)CC1. The molecule has 0 aromatic rings. The fourth-order valence-corrected chi connectivity index (χ4v) is 6.71. The summed E-state index contributed by atoms with van der Waals surface area (Å²) in [6, 6.07) is 0. The summed E-state index contributed by atoms with van der Waals surface area (Å²) in [4.78, 5) is 39.2. The molecule has 0 spiro atoms. The third kappa shape index (κ3) is 4.89. The highest BCUT2D eigenvalue weighted by molar-refractivity contribution is 9.09. The number of halogens is 1. The minimum atomic E-state index is -0.255. The van der Waals surface area contributed by atoms with Gasteiger partial charge in [0.05, 0.1) is 18.5 Å². The second-order valence-electron chi connectivity index (χ2n) is 9.56. The summed E-state index contributed by atoms with van der Waals surface area (Å²) >= 11 is 3.05. The van der Waals surface area contributed by atoms with E-state index in [0.29, 0.717) is 38.2 Å². The van der Waals surface area contributed by atoms with E-state index in [0.717, 1.165) is 24.2 Å². The number of rotatable bonds is 6. The Morgan fingerprint density at radius 1 is 0.931 bits per heavy atom. The largest absolute Gasteiger partial charge is 0.449 e. The number of piperazine rings is 1.